The number of benzene rings is 1. The molecule has 144 valence electrons. The van der Waals surface area contributed by atoms with E-state index in [0.717, 1.165) is 0 Å². The van der Waals surface area contributed by atoms with Gasteiger partial charge in [0, 0.05) is 39.3 Å². The third kappa shape index (κ3) is 6.09. The van der Waals surface area contributed by atoms with Gasteiger partial charge in [-0.1, -0.05) is 12.1 Å². The van der Waals surface area contributed by atoms with E-state index in [9.17, 15) is 14.0 Å². The summed E-state index contributed by atoms with van der Waals surface area (Å²) in [6.45, 7) is 8.13. The van der Waals surface area contributed by atoms with Gasteiger partial charge in [-0.3, -0.25) is 0 Å². The van der Waals surface area contributed by atoms with Gasteiger partial charge in [0.05, 0.1) is 5.69 Å². The van der Waals surface area contributed by atoms with E-state index < -0.39 is 11.7 Å². The van der Waals surface area contributed by atoms with Crippen LogP contribution in [0, 0.1) is 5.82 Å². The summed E-state index contributed by atoms with van der Waals surface area (Å²) in [5.41, 5.74) is 0.0136. The molecule has 1 aliphatic rings. The minimum absolute atomic E-state index is 0.191. The third-order valence-electron chi connectivity index (χ3n) is 3.83. The Morgan fingerprint density at radius 1 is 1.08 bits per heavy atom. The van der Waals surface area contributed by atoms with E-state index in [1.807, 2.05) is 4.90 Å². The summed E-state index contributed by atoms with van der Waals surface area (Å²) < 4.78 is 18.9. The van der Waals surface area contributed by atoms with Gasteiger partial charge in [0.2, 0.25) is 0 Å². The van der Waals surface area contributed by atoms with Gasteiger partial charge in [-0.25, -0.2) is 14.0 Å². The number of halogens is 1. The summed E-state index contributed by atoms with van der Waals surface area (Å²) in [4.78, 5) is 27.3. The van der Waals surface area contributed by atoms with Crippen LogP contribution in [-0.4, -0.2) is 61.9 Å². The Balaban J connectivity index is 1.67. The summed E-state index contributed by atoms with van der Waals surface area (Å²) in [5.74, 6) is -0.251. The molecule has 3 amide bonds. The van der Waals surface area contributed by atoms with Crippen molar-refractivity contribution in [2.75, 3.05) is 44.2 Å². The maximum atomic E-state index is 13.8. The van der Waals surface area contributed by atoms with Crippen molar-refractivity contribution in [1.29, 1.82) is 0 Å². The van der Waals surface area contributed by atoms with Gasteiger partial charge in [-0.05, 0) is 32.9 Å². The third-order valence-corrected chi connectivity index (χ3v) is 3.83. The Kier molecular flexibility index (Phi) is 6.65. The molecule has 8 heteroatoms. The predicted octanol–water partition coefficient (Wildman–Crippen LogP) is 2.18. The van der Waals surface area contributed by atoms with Crippen molar-refractivity contribution in [3.05, 3.63) is 30.1 Å². The topological polar surface area (TPSA) is 73.9 Å². The van der Waals surface area contributed by atoms with Crippen molar-refractivity contribution < 1.29 is 18.7 Å². The molecule has 1 saturated heterocycles. The average Bonchev–Trinajstić information content (AvgIpc) is 2.57. The number of piperazine rings is 1. The van der Waals surface area contributed by atoms with Crippen molar-refractivity contribution in [3.63, 3.8) is 0 Å². The number of ether oxygens (including phenoxy) is 1. The van der Waals surface area contributed by atoms with E-state index in [4.69, 9.17) is 4.74 Å². The molecular weight excluding hydrogens is 339 g/mol. The molecule has 0 radical (unpaired) electrons. The minimum atomic E-state index is -0.550. The fourth-order valence-corrected chi connectivity index (χ4v) is 2.62. The molecule has 1 aromatic carbocycles. The van der Waals surface area contributed by atoms with E-state index in [-0.39, 0.29) is 18.4 Å². The largest absolute Gasteiger partial charge is 0.444 e. The van der Waals surface area contributed by atoms with Crippen LogP contribution in [0.4, 0.5) is 19.7 Å². The Bertz CT molecular complexity index is 625. The van der Waals surface area contributed by atoms with Gasteiger partial charge >= 0.3 is 12.1 Å². The number of nitrogens with one attached hydrogen (secondary N) is 2. The summed E-state index contributed by atoms with van der Waals surface area (Å²) in [6.07, 6.45) is -0.509. The first-order chi connectivity index (χ1) is 12.3. The van der Waals surface area contributed by atoms with Gasteiger partial charge in [0.25, 0.3) is 0 Å². The summed E-state index contributed by atoms with van der Waals surface area (Å²) in [5, 5.41) is 5.35. The first-order valence-electron chi connectivity index (χ1n) is 8.75. The van der Waals surface area contributed by atoms with Gasteiger partial charge in [-0.2, -0.15) is 0 Å². The number of carbonyl (C=O) groups is 2. The van der Waals surface area contributed by atoms with Crippen molar-refractivity contribution in [2.45, 2.75) is 26.4 Å². The monoisotopic (exact) mass is 366 g/mol. The second-order valence-electron chi connectivity index (χ2n) is 7.09. The number of rotatable bonds is 4. The van der Waals surface area contributed by atoms with Crippen LogP contribution in [0.5, 0.6) is 0 Å². The highest BCUT2D eigenvalue weighted by molar-refractivity contribution is 5.74. The highest BCUT2D eigenvalue weighted by Crippen LogP contribution is 2.20. The second-order valence-corrected chi connectivity index (χ2v) is 7.09. The lowest BCUT2D eigenvalue weighted by molar-refractivity contribution is 0.0528. The van der Waals surface area contributed by atoms with Crippen molar-refractivity contribution in [3.8, 4) is 0 Å². The molecule has 0 aliphatic carbocycles. The maximum absolute atomic E-state index is 13.8. The van der Waals surface area contributed by atoms with Crippen molar-refractivity contribution in [2.24, 2.45) is 0 Å². The van der Waals surface area contributed by atoms with Crippen LogP contribution in [0.3, 0.4) is 0 Å². The lowest BCUT2D eigenvalue weighted by atomic mass is 10.2. The van der Waals surface area contributed by atoms with Crippen LogP contribution in [0.2, 0.25) is 0 Å². The number of para-hydroxylation sites is 1. The number of anilines is 1. The molecule has 0 spiro atoms. The molecule has 1 heterocycles. The molecule has 7 nitrogen and oxygen atoms in total. The molecular formula is C18H27FN4O3. The van der Waals surface area contributed by atoms with E-state index >= 15 is 0 Å². The smallest absolute Gasteiger partial charge is 0.407 e. The van der Waals surface area contributed by atoms with E-state index in [1.54, 1.807) is 43.9 Å². The Hall–Kier alpha value is -2.51. The first kappa shape index (κ1) is 19.8. The van der Waals surface area contributed by atoms with Crippen LogP contribution in [-0.2, 0) is 4.74 Å². The lowest BCUT2D eigenvalue weighted by Crippen LogP contribution is -2.52. The molecule has 0 saturated carbocycles. The summed E-state index contributed by atoms with van der Waals surface area (Å²) in [7, 11) is 0. The van der Waals surface area contributed by atoms with Crippen LogP contribution < -0.4 is 15.5 Å². The molecule has 0 unspecified atom stereocenters. The van der Waals surface area contributed by atoms with Crippen molar-refractivity contribution >= 4 is 17.8 Å². The van der Waals surface area contributed by atoms with Crippen molar-refractivity contribution in [1.82, 2.24) is 15.5 Å². The van der Waals surface area contributed by atoms with Gasteiger partial charge in [0.15, 0.2) is 0 Å². The Morgan fingerprint density at radius 2 is 1.69 bits per heavy atom. The number of amides is 3. The molecule has 0 atom stereocenters. The second kappa shape index (κ2) is 8.73. The standard InChI is InChI=1S/C18H27FN4O3/c1-18(2,3)26-17(25)21-9-8-20-16(24)23-12-10-22(11-13-23)15-7-5-4-6-14(15)19/h4-7H,8-13H2,1-3H3,(H,20,24)(H,21,25). The van der Waals surface area contributed by atoms with Crippen LogP contribution in [0.15, 0.2) is 24.3 Å². The van der Waals surface area contributed by atoms with Crippen LogP contribution in [0.1, 0.15) is 20.8 Å². The minimum Gasteiger partial charge on any atom is -0.444 e. The number of nitrogens with zero attached hydrogens (tertiary/aromatic N) is 2. The first-order valence-corrected chi connectivity index (χ1v) is 8.75. The summed E-state index contributed by atoms with van der Waals surface area (Å²) >= 11 is 0. The number of hydrogen-bond donors (Lipinski definition) is 2. The zero-order chi connectivity index (χ0) is 19.2. The molecule has 2 rings (SSSR count). The number of carbonyl (C=O) groups excluding carboxylic acids is 2. The normalized spacial score (nSPS) is 14.8. The van der Waals surface area contributed by atoms with E-state index in [2.05, 4.69) is 10.6 Å². The number of alkyl carbamates (subject to hydrolysis) is 1. The molecule has 1 aromatic rings. The fraction of sp³-hybridized carbons (Fsp3) is 0.556. The molecule has 0 aromatic heterocycles. The number of urea groups is 1. The zero-order valence-corrected chi connectivity index (χ0v) is 15.5. The Morgan fingerprint density at radius 3 is 2.31 bits per heavy atom. The van der Waals surface area contributed by atoms with Gasteiger partial charge < -0.3 is 25.2 Å². The van der Waals surface area contributed by atoms with E-state index in [1.165, 1.54) is 6.07 Å². The van der Waals surface area contributed by atoms with Gasteiger partial charge in [-0.15, -0.1) is 0 Å². The van der Waals surface area contributed by atoms with Crippen LogP contribution in [0.25, 0.3) is 0 Å². The number of hydrogen-bond acceptors (Lipinski definition) is 4. The molecule has 1 aliphatic heterocycles. The maximum Gasteiger partial charge on any atom is 0.407 e. The molecule has 1 fully saturated rings. The lowest BCUT2D eigenvalue weighted by Gasteiger charge is -2.36. The quantitative estimate of drug-likeness (QED) is 0.801. The average molecular weight is 366 g/mol. The van der Waals surface area contributed by atoms with Gasteiger partial charge in [0.1, 0.15) is 11.4 Å². The molecule has 2 N–H and O–H groups in total. The molecule has 26 heavy (non-hydrogen) atoms. The molecule has 0 bridgehead atoms. The van der Waals surface area contributed by atoms with Crippen LogP contribution >= 0.6 is 0 Å². The predicted molar refractivity (Wildman–Crippen MR) is 97.8 cm³/mol. The SMILES string of the molecule is CC(C)(C)OC(=O)NCCNC(=O)N1CCN(c2ccccc2F)CC1. The fourth-order valence-electron chi connectivity index (χ4n) is 2.62. The highest BCUT2D eigenvalue weighted by Gasteiger charge is 2.22. The highest BCUT2D eigenvalue weighted by atomic mass is 19.1. The zero-order valence-electron chi connectivity index (χ0n) is 15.5. The van der Waals surface area contributed by atoms with E-state index in [0.29, 0.717) is 38.4 Å². The Labute approximate surface area is 153 Å². The summed E-state index contributed by atoms with van der Waals surface area (Å²) in [6, 6.07) is 6.45.